The second-order valence-corrected chi connectivity index (χ2v) is 13.7. The lowest BCUT2D eigenvalue weighted by Crippen LogP contribution is -2.20. The van der Waals surface area contributed by atoms with Gasteiger partial charge in [0.1, 0.15) is 11.9 Å². The van der Waals surface area contributed by atoms with Crippen molar-refractivity contribution in [2.45, 2.75) is 37.5 Å². The summed E-state index contributed by atoms with van der Waals surface area (Å²) in [6, 6.07) is 53.0. The van der Waals surface area contributed by atoms with Gasteiger partial charge in [-0.1, -0.05) is 103 Å². The summed E-state index contributed by atoms with van der Waals surface area (Å²) < 4.78 is 8.74. The van der Waals surface area contributed by atoms with E-state index in [0.29, 0.717) is 0 Å². The molecule has 7 aromatic rings. The molecule has 3 heterocycles. The zero-order chi connectivity index (χ0) is 33.0. The van der Waals surface area contributed by atoms with Crippen molar-refractivity contribution in [2.75, 3.05) is 5.32 Å². The molecular formula is C46H37N3O. The van der Waals surface area contributed by atoms with Crippen LogP contribution in [-0.4, -0.2) is 10.7 Å². The van der Waals surface area contributed by atoms with Crippen LogP contribution in [-0.2, 0) is 6.42 Å². The van der Waals surface area contributed by atoms with Crippen LogP contribution in [0.2, 0.25) is 0 Å². The monoisotopic (exact) mass is 647 g/mol. The second kappa shape index (κ2) is 11.9. The number of nitrogens with one attached hydrogen (secondary N) is 2. The van der Waals surface area contributed by atoms with E-state index in [1.807, 2.05) is 0 Å². The Morgan fingerprint density at radius 2 is 1.50 bits per heavy atom. The van der Waals surface area contributed by atoms with Crippen molar-refractivity contribution in [1.82, 2.24) is 9.88 Å². The average molecular weight is 648 g/mol. The molecule has 1 fully saturated rings. The van der Waals surface area contributed by atoms with Gasteiger partial charge in [-0.05, 0) is 95.3 Å². The van der Waals surface area contributed by atoms with Gasteiger partial charge >= 0.3 is 0 Å². The number of allylic oxidation sites excluding steroid dienone is 1. The first-order valence-electron chi connectivity index (χ1n) is 17.7. The maximum absolute atomic E-state index is 6.33. The summed E-state index contributed by atoms with van der Waals surface area (Å²) in [4.78, 5) is 0. The van der Waals surface area contributed by atoms with Gasteiger partial charge in [0.05, 0.1) is 11.6 Å². The maximum Gasteiger partial charge on any atom is 0.124 e. The summed E-state index contributed by atoms with van der Waals surface area (Å²) in [6.07, 6.45) is 7.84. The smallest absolute Gasteiger partial charge is 0.124 e. The van der Waals surface area contributed by atoms with E-state index in [1.54, 1.807) is 0 Å². The summed E-state index contributed by atoms with van der Waals surface area (Å²) >= 11 is 0. The zero-order valence-electron chi connectivity index (χ0n) is 27.7. The summed E-state index contributed by atoms with van der Waals surface area (Å²) in [5.41, 5.74) is 14.7. The highest BCUT2D eigenvalue weighted by Gasteiger charge is 2.42. The average Bonchev–Trinajstić information content (AvgIpc) is 3.85. The molecule has 1 saturated heterocycles. The minimum absolute atomic E-state index is 0.166. The van der Waals surface area contributed by atoms with Gasteiger partial charge in [0.2, 0.25) is 0 Å². The van der Waals surface area contributed by atoms with Crippen LogP contribution in [0.4, 0.5) is 11.4 Å². The van der Waals surface area contributed by atoms with Crippen molar-refractivity contribution in [3.8, 4) is 33.7 Å². The van der Waals surface area contributed by atoms with Gasteiger partial charge < -0.3 is 14.6 Å². The highest BCUT2D eigenvalue weighted by Crippen LogP contribution is 2.46. The largest absolute Gasteiger partial charge is 0.488 e. The Morgan fingerprint density at radius 1 is 0.700 bits per heavy atom. The predicted octanol–water partition coefficient (Wildman–Crippen LogP) is 11.2. The lowest BCUT2D eigenvalue weighted by Gasteiger charge is -2.18. The van der Waals surface area contributed by atoms with Gasteiger partial charge in [-0.2, -0.15) is 0 Å². The molecule has 1 aliphatic carbocycles. The molecule has 10 rings (SSSR count). The van der Waals surface area contributed by atoms with Crippen LogP contribution < -0.4 is 15.4 Å². The highest BCUT2D eigenvalue weighted by atomic mass is 16.5. The van der Waals surface area contributed by atoms with Gasteiger partial charge in [-0.3, -0.25) is 5.32 Å². The first-order chi connectivity index (χ1) is 24.8. The SMILES string of the molecule is C1=Cc2c(c3cc(-c4ccc(-c5ccccc5)c(Nc5cccc(C6CC7Oc8ccccc8C7N6)c5)c4)ccc3n2-c2ccccc2)CC1. The molecule has 6 aromatic carbocycles. The molecule has 1 aromatic heterocycles. The lowest BCUT2D eigenvalue weighted by atomic mass is 9.95. The van der Waals surface area contributed by atoms with Crippen LogP contribution in [0.25, 0.3) is 44.9 Å². The number of fused-ring (bicyclic) bond motifs is 6. The number of nitrogens with zero attached hydrogens (tertiary/aromatic N) is 1. The number of rotatable bonds is 6. The Labute approximate surface area is 292 Å². The summed E-state index contributed by atoms with van der Waals surface area (Å²) in [7, 11) is 0. The quantitative estimate of drug-likeness (QED) is 0.189. The molecule has 0 radical (unpaired) electrons. The predicted molar refractivity (Wildman–Crippen MR) is 205 cm³/mol. The fourth-order valence-electron chi connectivity index (χ4n) is 8.36. The van der Waals surface area contributed by atoms with Gasteiger partial charge in [-0.15, -0.1) is 0 Å². The van der Waals surface area contributed by atoms with Crippen LogP contribution in [0, 0.1) is 0 Å². The van der Waals surface area contributed by atoms with Crippen molar-refractivity contribution in [1.29, 1.82) is 0 Å². The standard InChI is InChI=1S/C46H37N3O/c1-3-12-30(13-4-1)36-24-22-32(31-23-25-43-39(27-31)37-18-7-9-20-42(37)49(43)35-16-5-2-6-17-35)28-41(36)47-34-15-11-14-33(26-34)40-29-45-46(48-40)38-19-8-10-21-44(38)50-45/h1-6,8-17,19-28,40,45-48H,7,18,29H2. The second-order valence-electron chi connectivity index (χ2n) is 13.7. The van der Waals surface area contributed by atoms with Gasteiger partial charge in [0.25, 0.3) is 0 Å². The summed E-state index contributed by atoms with van der Waals surface area (Å²) in [5.74, 6) is 1.02. The molecule has 0 spiro atoms. The van der Waals surface area contributed by atoms with Crippen molar-refractivity contribution in [2.24, 2.45) is 0 Å². The van der Waals surface area contributed by atoms with Crippen LogP contribution in [0.1, 0.15) is 47.3 Å². The van der Waals surface area contributed by atoms with E-state index in [4.69, 9.17) is 4.74 Å². The highest BCUT2D eigenvalue weighted by molar-refractivity contribution is 5.95. The summed E-state index contributed by atoms with van der Waals surface area (Å²) in [6.45, 7) is 0. The number of hydrogen-bond acceptors (Lipinski definition) is 3. The first kappa shape index (κ1) is 29.1. The minimum atomic E-state index is 0.166. The van der Waals surface area contributed by atoms with Gasteiger partial charge in [0, 0.05) is 51.7 Å². The molecule has 50 heavy (non-hydrogen) atoms. The van der Waals surface area contributed by atoms with E-state index >= 15 is 0 Å². The van der Waals surface area contributed by atoms with E-state index < -0.39 is 0 Å². The maximum atomic E-state index is 6.33. The molecule has 0 amide bonds. The minimum Gasteiger partial charge on any atom is -0.488 e. The molecule has 4 nitrogen and oxygen atoms in total. The Balaban J connectivity index is 1.01. The molecule has 4 heteroatoms. The van der Waals surface area contributed by atoms with Crippen molar-refractivity contribution >= 4 is 28.4 Å². The van der Waals surface area contributed by atoms with Crippen LogP contribution in [0.3, 0.4) is 0 Å². The normalized spacial score (nSPS) is 18.8. The molecule has 3 aliphatic rings. The number of benzene rings is 6. The fraction of sp³-hybridized carbons (Fsp3) is 0.130. The fourth-order valence-corrected chi connectivity index (χ4v) is 8.36. The number of para-hydroxylation sites is 2. The van der Waals surface area contributed by atoms with Crippen molar-refractivity contribution in [3.63, 3.8) is 0 Å². The van der Waals surface area contributed by atoms with Gasteiger partial charge in [0.15, 0.2) is 0 Å². The Hall–Kier alpha value is -5.84. The Kier molecular flexibility index (Phi) is 6.95. The lowest BCUT2D eigenvalue weighted by molar-refractivity contribution is 0.221. The van der Waals surface area contributed by atoms with Crippen molar-refractivity contribution in [3.05, 3.63) is 174 Å². The van der Waals surface area contributed by atoms with Gasteiger partial charge in [-0.25, -0.2) is 0 Å². The van der Waals surface area contributed by atoms with E-state index in [9.17, 15) is 0 Å². The van der Waals surface area contributed by atoms with Crippen molar-refractivity contribution < 1.29 is 4.74 Å². The van der Waals surface area contributed by atoms with E-state index in [-0.39, 0.29) is 18.2 Å². The van der Waals surface area contributed by atoms with E-state index in [2.05, 4.69) is 173 Å². The third-order valence-electron chi connectivity index (χ3n) is 10.7. The molecule has 3 atom stereocenters. The number of ether oxygens (including phenoxy) is 1. The Morgan fingerprint density at radius 3 is 2.40 bits per heavy atom. The molecule has 2 aliphatic heterocycles. The molecule has 0 bridgehead atoms. The Bertz CT molecular complexity index is 2410. The number of aromatic nitrogens is 1. The molecule has 2 N–H and O–H groups in total. The molecule has 0 saturated carbocycles. The third-order valence-corrected chi connectivity index (χ3v) is 10.7. The van der Waals surface area contributed by atoms with E-state index in [1.165, 1.54) is 61.2 Å². The zero-order valence-corrected chi connectivity index (χ0v) is 27.7. The van der Waals surface area contributed by atoms with E-state index in [0.717, 1.165) is 36.4 Å². The number of anilines is 2. The number of aryl methyl sites for hydroxylation is 1. The topological polar surface area (TPSA) is 38.2 Å². The van der Waals surface area contributed by atoms with Crippen LogP contribution >= 0.6 is 0 Å². The van der Waals surface area contributed by atoms with Crippen LogP contribution in [0.5, 0.6) is 5.75 Å². The summed E-state index contributed by atoms with van der Waals surface area (Å²) in [5, 5.41) is 9.06. The first-order valence-corrected chi connectivity index (χ1v) is 17.7. The molecule has 242 valence electrons. The van der Waals surface area contributed by atoms with Crippen LogP contribution in [0.15, 0.2) is 152 Å². The molecule has 3 unspecified atom stereocenters. The number of hydrogen-bond donors (Lipinski definition) is 2. The third kappa shape index (κ3) is 4.95. The molecular weight excluding hydrogens is 611 g/mol.